The number of anilines is 1. The van der Waals surface area contributed by atoms with Crippen LogP contribution in [0.1, 0.15) is 5.56 Å². The quantitative estimate of drug-likeness (QED) is 0.610. The van der Waals surface area contributed by atoms with Gasteiger partial charge >= 0.3 is 0 Å². The van der Waals surface area contributed by atoms with Gasteiger partial charge in [-0.2, -0.15) is 0 Å². The summed E-state index contributed by atoms with van der Waals surface area (Å²) in [6.07, 6.45) is 1.78. The van der Waals surface area contributed by atoms with E-state index in [4.69, 9.17) is 0 Å². The van der Waals surface area contributed by atoms with E-state index in [1.54, 1.807) is 12.3 Å². The van der Waals surface area contributed by atoms with E-state index < -0.39 is 0 Å². The van der Waals surface area contributed by atoms with Crippen molar-refractivity contribution in [1.29, 1.82) is 0 Å². The van der Waals surface area contributed by atoms with Crippen LogP contribution in [0.4, 0.5) is 5.95 Å². The zero-order valence-corrected chi connectivity index (χ0v) is 12.3. The minimum atomic E-state index is -0.144. The number of nitrogens with one attached hydrogen (secondary N) is 2. The summed E-state index contributed by atoms with van der Waals surface area (Å²) >= 11 is 0. The molecule has 2 heterocycles. The van der Waals surface area contributed by atoms with Crippen molar-refractivity contribution in [3.8, 4) is 0 Å². The minimum Gasteiger partial charge on any atom is -0.352 e. The molecular formula is C18H14N4O. The molecule has 5 heteroatoms. The maximum absolute atomic E-state index is 12.1. The average Bonchev–Trinajstić information content (AvgIpc) is 2.60. The predicted molar refractivity (Wildman–Crippen MR) is 91.4 cm³/mol. The third-order valence-corrected chi connectivity index (χ3v) is 3.78. The number of nitrogens with zero attached hydrogens (tertiary/aromatic N) is 2. The molecule has 0 amide bonds. The van der Waals surface area contributed by atoms with Gasteiger partial charge in [0.05, 0.1) is 16.4 Å². The van der Waals surface area contributed by atoms with E-state index in [9.17, 15) is 4.79 Å². The molecule has 0 bridgehead atoms. The van der Waals surface area contributed by atoms with Gasteiger partial charge in [0.2, 0.25) is 5.95 Å². The van der Waals surface area contributed by atoms with Crippen molar-refractivity contribution in [2.45, 2.75) is 6.54 Å². The fourth-order valence-corrected chi connectivity index (χ4v) is 2.66. The van der Waals surface area contributed by atoms with Crippen LogP contribution in [0, 0.1) is 0 Å². The number of H-pyrrole nitrogens is 1. The first-order valence-electron chi connectivity index (χ1n) is 7.37. The lowest BCUT2D eigenvalue weighted by Crippen LogP contribution is -2.13. The second-order valence-corrected chi connectivity index (χ2v) is 5.28. The normalized spacial score (nSPS) is 11.0. The SMILES string of the molecule is O=c1[nH]c(NCc2cccc3cccnc23)nc2ccccc12. The fourth-order valence-electron chi connectivity index (χ4n) is 2.66. The maximum atomic E-state index is 12.1. The zero-order valence-electron chi connectivity index (χ0n) is 12.3. The summed E-state index contributed by atoms with van der Waals surface area (Å²) in [4.78, 5) is 23.7. The van der Waals surface area contributed by atoms with Crippen molar-refractivity contribution in [2.24, 2.45) is 0 Å². The van der Waals surface area contributed by atoms with Gasteiger partial charge in [-0.05, 0) is 23.8 Å². The number of hydrogen-bond acceptors (Lipinski definition) is 4. The standard InChI is InChI=1S/C18H14N4O/c23-17-14-8-1-2-9-15(14)21-18(22-17)20-11-13-6-3-5-12-7-4-10-19-16(12)13/h1-10H,11H2,(H2,20,21,22,23). The number of rotatable bonds is 3. The lowest BCUT2D eigenvalue weighted by molar-refractivity contribution is 1.06. The first-order chi connectivity index (χ1) is 11.3. The molecule has 2 aromatic heterocycles. The molecule has 0 fully saturated rings. The van der Waals surface area contributed by atoms with Crippen molar-refractivity contribution in [3.63, 3.8) is 0 Å². The molecule has 0 unspecified atom stereocenters. The number of hydrogen-bond donors (Lipinski definition) is 2. The van der Waals surface area contributed by atoms with Crippen molar-refractivity contribution >= 4 is 27.8 Å². The Hall–Kier alpha value is -3.21. The molecule has 0 aliphatic carbocycles. The van der Waals surface area contributed by atoms with Gasteiger partial charge in [-0.3, -0.25) is 14.8 Å². The van der Waals surface area contributed by atoms with Crippen LogP contribution >= 0.6 is 0 Å². The molecule has 0 atom stereocenters. The van der Waals surface area contributed by atoms with Gasteiger partial charge in [-0.1, -0.05) is 36.4 Å². The Morgan fingerprint density at radius 1 is 1.00 bits per heavy atom. The molecule has 0 saturated carbocycles. The molecule has 4 aromatic rings. The van der Waals surface area contributed by atoms with Gasteiger partial charge in [0.15, 0.2) is 0 Å². The Morgan fingerprint density at radius 2 is 1.87 bits per heavy atom. The highest BCUT2D eigenvalue weighted by Gasteiger charge is 2.05. The molecule has 2 aromatic carbocycles. The second-order valence-electron chi connectivity index (χ2n) is 5.28. The summed E-state index contributed by atoms with van der Waals surface area (Å²) < 4.78 is 0. The van der Waals surface area contributed by atoms with E-state index in [1.165, 1.54) is 0 Å². The Labute approximate surface area is 132 Å². The Morgan fingerprint density at radius 3 is 2.83 bits per heavy atom. The molecule has 5 nitrogen and oxygen atoms in total. The fraction of sp³-hybridized carbons (Fsp3) is 0.0556. The number of para-hydroxylation sites is 2. The van der Waals surface area contributed by atoms with E-state index in [1.807, 2.05) is 48.5 Å². The lowest BCUT2D eigenvalue weighted by Gasteiger charge is -2.08. The molecule has 23 heavy (non-hydrogen) atoms. The molecule has 112 valence electrons. The van der Waals surface area contributed by atoms with Crippen LogP contribution in [0.25, 0.3) is 21.8 Å². The summed E-state index contributed by atoms with van der Waals surface area (Å²) in [5.74, 6) is 0.460. The first kappa shape index (κ1) is 13.5. The summed E-state index contributed by atoms with van der Waals surface area (Å²) in [6, 6.07) is 17.3. The molecule has 0 radical (unpaired) electrons. The summed E-state index contributed by atoms with van der Waals surface area (Å²) in [5.41, 5.74) is 2.54. The third-order valence-electron chi connectivity index (χ3n) is 3.78. The van der Waals surface area contributed by atoms with Crippen LogP contribution in [0.5, 0.6) is 0 Å². The van der Waals surface area contributed by atoms with Gasteiger partial charge < -0.3 is 5.32 Å². The van der Waals surface area contributed by atoms with E-state index in [2.05, 4.69) is 20.3 Å². The van der Waals surface area contributed by atoms with Gasteiger partial charge in [0.1, 0.15) is 0 Å². The van der Waals surface area contributed by atoms with Gasteiger partial charge in [0, 0.05) is 18.1 Å². The topological polar surface area (TPSA) is 70.7 Å². The molecule has 0 saturated heterocycles. The largest absolute Gasteiger partial charge is 0.352 e. The van der Waals surface area contributed by atoms with Crippen molar-refractivity contribution < 1.29 is 0 Å². The van der Waals surface area contributed by atoms with E-state index >= 15 is 0 Å². The number of pyridine rings is 1. The predicted octanol–water partition coefficient (Wildman–Crippen LogP) is 3.08. The Balaban J connectivity index is 1.67. The number of fused-ring (bicyclic) bond motifs is 2. The smallest absolute Gasteiger partial charge is 0.260 e. The molecule has 0 aliphatic heterocycles. The Bertz CT molecular complexity index is 1050. The van der Waals surface area contributed by atoms with Crippen molar-refractivity contribution in [2.75, 3.05) is 5.32 Å². The first-order valence-corrected chi connectivity index (χ1v) is 7.37. The Kier molecular flexibility index (Phi) is 3.24. The molecule has 0 aliphatic rings. The van der Waals surface area contributed by atoms with Crippen LogP contribution in [0.2, 0.25) is 0 Å². The molecule has 2 N–H and O–H groups in total. The molecule has 4 rings (SSSR count). The van der Waals surface area contributed by atoms with Crippen molar-refractivity contribution in [3.05, 3.63) is 76.7 Å². The van der Waals surface area contributed by atoms with Crippen LogP contribution in [0.3, 0.4) is 0 Å². The second kappa shape index (κ2) is 5.53. The third kappa shape index (κ3) is 2.53. The minimum absolute atomic E-state index is 0.144. The van der Waals surface area contributed by atoms with Crippen LogP contribution in [-0.2, 0) is 6.54 Å². The molecular weight excluding hydrogens is 288 g/mol. The summed E-state index contributed by atoms with van der Waals surface area (Å²) in [6.45, 7) is 0.537. The van der Waals surface area contributed by atoms with Gasteiger partial charge in [0.25, 0.3) is 5.56 Å². The molecule has 0 spiro atoms. The summed E-state index contributed by atoms with van der Waals surface area (Å²) in [5, 5.41) is 4.86. The highest BCUT2D eigenvalue weighted by molar-refractivity contribution is 5.82. The lowest BCUT2D eigenvalue weighted by atomic mass is 10.1. The van der Waals surface area contributed by atoms with Crippen LogP contribution in [0.15, 0.2) is 65.6 Å². The average molecular weight is 302 g/mol. The van der Waals surface area contributed by atoms with Gasteiger partial charge in [-0.15, -0.1) is 0 Å². The highest BCUT2D eigenvalue weighted by atomic mass is 16.1. The monoisotopic (exact) mass is 302 g/mol. The maximum Gasteiger partial charge on any atom is 0.260 e. The van der Waals surface area contributed by atoms with E-state index in [-0.39, 0.29) is 5.56 Å². The van der Waals surface area contributed by atoms with Crippen LogP contribution < -0.4 is 10.9 Å². The van der Waals surface area contributed by atoms with E-state index in [0.29, 0.717) is 23.4 Å². The van der Waals surface area contributed by atoms with Crippen molar-refractivity contribution in [1.82, 2.24) is 15.0 Å². The van der Waals surface area contributed by atoms with E-state index in [0.717, 1.165) is 16.5 Å². The summed E-state index contributed by atoms with van der Waals surface area (Å²) in [7, 11) is 0. The van der Waals surface area contributed by atoms with Gasteiger partial charge in [-0.25, -0.2) is 4.98 Å². The number of benzene rings is 2. The zero-order chi connectivity index (χ0) is 15.6. The highest BCUT2D eigenvalue weighted by Crippen LogP contribution is 2.17. The number of aromatic nitrogens is 3. The van der Waals surface area contributed by atoms with Crippen LogP contribution in [-0.4, -0.2) is 15.0 Å². The number of aromatic amines is 1.